The zero-order valence-electron chi connectivity index (χ0n) is 17.9. The largest absolute Gasteiger partial charge is 0.478 e. The summed E-state index contributed by atoms with van der Waals surface area (Å²) in [4.78, 5) is 30.5. The van der Waals surface area contributed by atoms with Crippen LogP contribution in [0.15, 0.2) is 41.4 Å². The van der Waals surface area contributed by atoms with E-state index in [1.54, 1.807) is 43.1 Å². The lowest BCUT2D eigenvalue weighted by Gasteiger charge is -2.24. The Bertz CT molecular complexity index is 988. The van der Waals surface area contributed by atoms with Gasteiger partial charge in [-0.15, -0.1) is 0 Å². The number of nitrogens with zero attached hydrogens (tertiary/aromatic N) is 2. The van der Waals surface area contributed by atoms with Crippen LogP contribution in [0.1, 0.15) is 79.1 Å². The van der Waals surface area contributed by atoms with E-state index in [4.69, 9.17) is 4.99 Å². The monoisotopic (exact) mass is 392 g/mol. The molecule has 2 aromatic carbocycles. The molecule has 5 heteroatoms. The minimum absolute atomic E-state index is 0.0598. The van der Waals surface area contributed by atoms with Gasteiger partial charge in [-0.25, -0.2) is 4.79 Å². The Hall–Kier alpha value is -2.95. The van der Waals surface area contributed by atoms with Gasteiger partial charge in [-0.3, -0.25) is 9.79 Å². The molecule has 0 spiro atoms. The van der Waals surface area contributed by atoms with Gasteiger partial charge in [0.15, 0.2) is 0 Å². The molecule has 5 nitrogen and oxygen atoms in total. The Morgan fingerprint density at radius 3 is 2.10 bits per heavy atom. The molecule has 1 amide bonds. The molecule has 0 saturated carbocycles. The van der Waals surface area contributed by atoms with Crippen molar-refractivity contribution in [3.8, 4) is 0 Å². The topological polar surface area (TPSA) is 70.0 Å². The molecular formula is C24H28N2O3. The maximum atomic E-state index is 12.9. The highest BCUT2D eigenvalue weighted by atomic mass is 16.4. The van der Waals surface area contributed by atoms with Crippen molar-refractivity contribution in [2.75, 3.05) is 11.9 Å². The van der Waals surface area contributed by atoms with Gasteiger partial charge in [0.2, 0.25) is 0 Å². The summed E-state index contributed by atoms with van der Waals surface area (Å²) in [7, 11) is 1.79. The number of rotatable bonds is 4. The molecule has 0 aliphatic carbocycles. The fraction of sp³-hybridized carbons (Fsp3) is 0.375. The molecule has 3 rings (SSSR count). The van der Waals surface area contributed by atoms with Gasteiger partial charge in [-0.2, -0.15) is 0 Å². The van der Waals surface area contributed by atoms with E-state index in [1.807, 2.05) is 0 Å². The summed E-state index contributed by atoms with van der Waals surface area (Å²) in [5.41, 5.74) is 5.97. The summed E-state index contributed by atoms with van der Waals surface area (Å²) in [6.07, 6.45) is 0. The van der Waals surface area contributed by atoms with Crippen molar-refractivity contribution in [3.05, 3.63) is 64.2 Å². The number of hydrogen-bond acceptors (Lipinski definition) is 3. The van der Waals surface area contributed by atoms with Gasteiger partial charge in [0, 0.05) is 18.2 Å². The Morgan fingerprint density at radius 2 is 1.59 bits per heavy atom. The van der Waals surface area contributed by atoms with E-state index in [-0.39, 0.29) is 11.5 Å². The van der Waals surface area contributed by atoms with Crippen LogP contribution in [0.25, 0.3) is 0 Å². The number of benzene rings is 2. The number of hydrogen-bond donors (Lipinski definition) is 1. The van der Waals surface area contributed by atoms with Crippen LogP contribution in [0.5, 0.6) is 0 Å². The van der Waals surface area contributed by atoms with Crippen molar-refractivity contribution in [2.24, 2.45) is 4.99 Å². The second-order valence-electron chi connectivity index (χ2n) is 8.24. The van der Waals surface area contributed by atoms with Crippen molar-refractivity contribution >= 4 is 23.3 Å². The maximum Gasteiger partial charge on any atom is 0.335 e. The molecular weight excluding hydrogens is 364 g/mol. The number of aliphatic imine (C=N–C) groups is 1. The molecule has 2 aromatic rings. The number of benzodiazepines with no additional fused rings is 1. The zero-order valence-corrected chi connectivity index (χ0v) is 17.9. The van der Waals surface area contributed by atoms with Crippen molar-refractivity contribution < 1.29 is 14.7 Å². The van der Waals surface area contributed by atoms with Crippen LogP contribution in [-0.2, 0) is 4.79 Å². The fourth-order valence-electron chi connectivity index (χ4n) is 3.81. The van der Waals surface area contributed by atoms with Gasteiger partial charge < -0.3 is 10.0 Å². The lowest BCUT2D eigenvalue weighted by Crippen LogP contribution is -2.33. The summed E-state index contributed by atoms with van der Waals surface area (Å²) >= 11 is 0. The number of anilines is 1. The van der Waals surface area contributed by atoms with Gasteiger partial charge in [-0.05, 0) is 54.2 Å². The van der Waals surface area contributed by atoms with Crippen molar-refractivity contribution in [3.63, 3.8) is 0 Å². The summed E-state index contributed by atoms with van der Waals surface area (Å²) < 4.78 is 0. The van der Waals surface area contributed by atoms with Crippen LogP contribution in [0, 0.1) is 0 Å². The summed E-state index contributed by atoms with van der Waals surface area (Å²) in [5.74, 6) is -0.366. The first-order valence-corrected chi connectivity index (χ1v) is 9.99. The Kier molecular flexibility index (Phi) is 5.60. The van der Waals surface area contributed by atoms with Gasteiger partial charge in [-0.1, -0.05) is 39.8 Å². The Balaban J connectivity index is 2.28. The van der Waals surface area contributed by atoms with E-state index in [1.165, 1.54) is 11.1 Å². The average molecular weight is 392 g/mol. The minimum atomic E-state index is -0.966. The number of fused-ring (bicyclic) bond motifs is 1. The zero-order chi connectivity index (χ0) is 21.5. The Labute approximate surface area is 172 Å². The number of amides is 1. The smallest absolute Gasteiger partial charge is 0.335 e. The molecule has 0 saturated heterocycles. The second kappa shape index (κ2) is 7.82. The number of aromatic carboxylic acids is 1. The lowest BCUT2D eigenvalue weighted by atomic mass is 9.86. The van der Waals surface area contributed by atoms with Crippen LogP contribution in [-0.4, -0.2) is 35.8 Å². The fourth-order valence-corrected chi connectivity index (χ4v) is 3.81. The SMILES string of the molecule is CC1N=C(c2ccc(C(=O)O)cc2)c2cc(C(C)C)c(C(C)C)cc2N(C)C1=O. The number of likely N-dealkylation sites (N-methyl/N-ethyl adjacent to an activating group) is 1. The summed E-state index contributed by atoms with van der Waals surface area (Å²) in [5, 5.41) is 9.20. The first kappa shape index (κ1) is 20.8. The number of carbonyl (C=O) groups is 2. The molecule has 0 radical (unpaired) electrons. The molecule has 29 heavy (non-hydrogen) atoms. The molecule has 1 N–H and O–H groups in total. The predicted molar refractivity (Wildman–Crippen MR) is 117 cm³/mol. The highest BCUT2D eigenvalue weighted by Crippen LogP contribution is 2.36. The molecule has 0 fully saturated rings. The van der Waals surface area contributed by atoms with E-state index < -0.39 is 12.0 Å². The first-order valence-electron chi connectivity index (χ1n) is 9.99. The molecule has 0 aromatic heterocycles. The molecule has 152 valence electrons. The normalized spacial score (nSPS) is 16.7. The quantitative estimate of drug-likeness (QED) is 0.810. The summed E-state index contributed by atoms with van der Waals surface area (Å²) in [6.45, 7) is 10.5. The minimum Gasteiger partial charge on any atom is -0.478 e. The summed E-state index contributed by atoms with van der Waals surface area (Å²) in [6, 6.07) is 10.4. The third kappa shape index (κ3) is 3.82. The number of carbonyl (C=O) groups excluding carboxylic acids is 1. The van der Waals surface area contributed by atoms with E-state index in [0.29, 0.717) is 11.8 Å². The molecule has 1 heterocycles. The van der Waals surface area contributed by atoms with Crippen LogP contribution < -0.4 is 4.90 Å². The standard InChI is InChI=1S/C24H28N2O3/c1-13(2)18-11-20-21(12-19(18)14(3)4)26(6)23(27)15(5)25-22(20)16-7-9-17(10-8-16)24(28)29/h7-15H,1-6H3,(H,28,29). The van der Waals surface area contributed by atoms with Crippen molar-refractivity contribution in [1.29, 1.82) is 0 Å². The third-order valence-corrected chi connectivity index (χ3v) is 5.48. The Morgan fingerprint density at radius 1 is 1.03 bits per heavy atom. The molecule has 1 atom stereocenters. The second-order valence-corrected chi connectivity index (χ2v) is 8.24. The van der Waals surface area contributed by atoms with Gasteiger partial charge in [0.25, 0.3) is 5.91 Å². The van der Waals surface area contributed by atoms with Gasteiger partial charge in [0.1, 0.15) is 6.04 Å². The molecule has 1 unspecified atom stereocenters. The maximum absolute atomic E-state index is 12.9. The van der Waals surface area contributed by atoms with Crippen LogP contribution in [0.3, 0.4) is 0 Å². The number of carboxylic acid groups (broad SMARTS) is 1. The van der Waals surface area contributed by atoms with Crippen LogP contribution >= 0.6 is 0 Å². The highest BCUT2D eigenvalue weighted by Gasteiger charge is 2.29. The number of carboxylic acids is 1. The molecule has 0 bridgehead atoms. The van der Waals surface area contributed by atoms with E-state index in [0.717, 1.165) is 22.5 Å². The van der Waals surface area contributed by atoms with Crippen molar-refractivity contribution in [1.82, 2.24) is 0 Å². The van der Waals surface area contributed by atoms with Crippen LogP contribution in [0.4, 0.5) is 5.69 Å². The highest BCUT2D eigenvalue weighted by molar-refractivity contribution is 6.20. The lowest BCUT2D eigenvalue weighted by molar-refractivity contribution is -0.119. The van der Waals surface area contributed by atoms with E-state index in [2.05, 4.69) is 39.8 Å². The van der Waals surface area contributed by atoms with Gasteiger partial charge in [0.05, 0.1) is 17.0 Å². The predicted octanol–water partition coefficient (Wildman–Crippen LogP) is 4.83. The van der Waals surface area contributed by atoms with E-state index >= 15 is 0 Å². The molecule has 1 aliphatic rings. The van der Waals surface area contributed by atoms with Gasteiger partial charge >= 0.3 is 5.97 Å². The van der Waals surface area contributed by atoms with Crippen LogP contribution in [0.2, 0.25) is 0 Å². The van der Waals surface area contributed by atoms with E-state index in [9.17, 15) is 14.7 Å². The molecule has 1 aliphatic heterocycles. The first-order chi connectivity index (χ1) is 13.6. The van der Waals surface area contributed by atoms with Crippen molar-refractivity contribution in [2.45, 2.75) is 52.5 Å². The third-order valence-electron chi connectivity index (χ3n) is 5.48. The average Bonchev–Trinajstić information content (AvgIpc) is 2.77.